The minimum Gasteiger partial charge on any atom is -0.319 e. The predicted octanol–water partition coefficient (Wildman–Crippen LogP) is 3.87. The van der Waals surface area contributed by atoms with Gasteiger partial charge in [-0.15, -0.1) is 0 Å². The Labute approximate surface area is 186 Å². The Morgan fingerprint density at radius 1 is 1.23 bits per heavy atom. The Hall–Kier alpha value is -2.96. The van der Waals surface area contributed by atoms with Crippen molar-refractivity contribution in [3.05, 3.63) is 68.5 Å². The van der Waals surface area contributed by atoms with E-state index < -0.39 is 29.4 Å². The number of hydrazine groups is 1. The molecule has 0 bridgehead atoms. The number of nitrogen functional groups attached to an aromatic ring is 1. The first-order chi connectivity index (χ1) is 14.5. The number of aromatic nitrogens is 3. The molecule has 162 valence electrons. The number of hydrogen-bond acceptors (Lipinski definition) is 5. The number of carbonyl (C=O) groups is 2. The first-order valence-electron chi connectivity index (χ1n) is 8.43. The molecule has 1 aromatic carbocycles. The molecule has 0 aliphatic heterocycles. The molecule has 0 spiro atoms. The van der Waals surface area contributed by atoms with Gasteiger partial charge in [0.25, 0.3) is 11.8 Å². The van der Waals surface area contributed by atoms with Crippen molar-refractivity contribution in [1.29, 1.82) is 0 Å². The maximum atomic E-state index is 13.3. The van der Waals surface area contributed by atoms with Crippen LogP contribution < -0.4 is 16.6 Å². The highest BCUT2D eigenvalue weighted by Gasteiger charge is 2.36. The number of nitrogens with two attached hydrogens (primary N) is 1. The lowest BCUT2D eigenvalue weighted by Crippen LogP contribution is -2.31. The number of aryl methyl sites for hydroxylation is 1. The lowest BCUT2D eigenvalue weighted by atomic mass is 10.1. The topological polar surface area (TPSA) is 115 Å². The van der Waals surface area contributed by atoms with Crippen LogP contribution in [0.3, 0.4) is 0 Å². The van der Waals surface area contributed by atoms with Gasteiger partial charge in [0.1, 0.15) is 5.69 Å². The van der Waals surface area contributed by atoms with Crippen molar-refractivity contribution in [2.45, 2.75) is 13.1 Å². The van der Waals surface area contributed by atoms with E-state index in [1.807, 2.05) is 5.43 Å². The molecule has 4 N–H and O–H groups in total. The maximum absolute atomic E-state index is 13.3. The molecule has 0 radical (unpaired) electrons. The van der Waals surface area contributed by atoms with Crippen molar-refractivity contribution in [2.24, 2.45) is 5.84 Å². The van der Waals surface area contributed by atoms with Crippen LogP contribution in [0.4, 0.5) is 18.9 Å². The number of halogens is 5. The number of pyridine rings is 1. The van der Waals surface area contributed by atoms with Gasteiger partial charge in [0.05, 0.1) is 16.3 Å². The highest BCUT2D eigenvalue weighted by molar-refractivity contribution is 9.10. The van der Waals surface area contributed by atoms with Gasteiger partial charge in [-0.25, -0.2) is 15.5 Å². The Morgan fingerprint density at radius 3 is 2.55 bits per heavy atom. The van der Waals surface area contributed by atoms with Crippen molar-refractivity contribution in [2.75, 3.05) is 5.32 Å². The number of carbonyl (C=O) groups excluding carboxylic acids is 2. The van der Waals surface area contributed by atoms with Gasteiger partial charge >= 0.3 is 6.18 Å². The molecule has 0 saturated heterocycles. The van der Waals surface area contributed by atoms with E-state index in [9.17, 15) is 22.8 Å². The van der Waals surface area contributed by atoms with Crippen LogP contribution in [0.1, 0.15) is 32.1 Å². The highest BCUT2D eigenvalue weighted by Crippen LogP contribution is 2.32. The molecular weight excluding hydrogens is 505 g/mol. The first kappa shape index (κ1) is 22.7. The standard InChI is InChI=1S/C18H13BrClF3N6O2/c1-8-5-9(16(30)27-24)14(10(19)6-8)26-17(31)12-7-13(18(21,22)23)28-29(12)15-11(20)3-2-4-25-15/h2-7H,24H2,1H3,(H,26,31)(H,27,30). The van der Waals surface area contributed by atoms with Crippen LogP contribution in [0.25, 0.3) is 5.82 Å². The minimum atomic E-state index is -4.82. The fourth-order valence-electron chi connectivity index (χ4n) is 2.68. The average Bonchev–Trinajstić information content (AvgIpc) is 3.15. The summed E-state index contributed by atoms with van der Waals surface area (Å²) < 4.78 is 40.8. The second-order valence-electron chi connectivity index (χ2n) is 6.23. The maximum Gasteiger partial charge on any atom is 0.435 e. The van der Waals surface area contributed by atoms with E-state index in [-0.39, 0.29) is 22.1 Å². The second kappa shape index (κ2) is 8.65. The van der Waals surface area contributed by atoms with Gasteiger partial charge in [0.15, 0.2) is 11.5 Å². The lowest BCUT2D eigenvalue weighted by molar-refractivity contribution is -0.141. The van der Waals surface area contributed by atoms with Crippen LogP contribution in [0.5, 0.6) is 0 Å². The molecule has 3 aromatic rings. The molecule has 31 heavy (non-hydrogen) atoms. The number of nitrogens with zero attached hydrogens (tertiary/aromatic N) is 3. The number of nitrogens with one attached hydrogen (secondary N) is 2. The van der Waals surface area contributed by atoms with Crippen molar-refractivity contribution in [3.63, 3.8) is 0 Å². The molecule has 0 aliphatic rings. The SMILES string of the molecule is Cc1cc(Br)c(NC(=O)c2cc(C(F)(F)F)nn2-c2ncccc2Cl)c(C(=O)NN)c1. The van der Waals surface area contributed by atoms with Gasteiger partial charge < -0.3 is 5.32 Å². The molecule has 0 aliphatic carbocycles. The van der Waals surface area contributed by atoms with Gasteiger partial charge in [-0.2, -0.15) is 18.3 Å². The molecule has 0 atom stereocenters. The molecule has 2 heterocycles. The summed E-state index contributed by atoms with van der Waals surface area (Å²) in [5.74, 6) is 3.32. The van der Waals surface area contributed by atoms with E-state index in [1.54, 1.807) is 13.0 Å². The quantitative estimate of drug-likeness (QED) is 0.276. The Morgan fingerprint density at radius 2 is 1.94 bits per heavy atom. The summed E-state index contributed by atoms with van der Waals surface area (Å²) in [4.78, 5) is 29.0. The zero-order valence-electron chi connectivity index (χ0n) is 15.6. The van der Waals surface area contributed by atoms with Crippen molar-refractivity contribution < 1.29 is 22.8 Å². The smallest absolute Gasteiger partial charge is 0.319 e. The van der Waals surface area contributed by atoms with Crippen LogP contribution in [0, 0.1) is 6.92 Å². The fraction of sp³-hybridized carbons (Fsp3) is 0.111. The summed E-state index contributed by atoms with van der Waals surface area (Å²) >= 11 is 9.27. The van der Waals surface area contributed by atoms with E-state index in [4.69, 9.17) is 17.4 Å². The summed E-state index contributed by atoms with van der Waals surface area (Å²) in [6.45, 7) is 1.71. The molecule has 3 rings (SSSR count). The van der Waals surface area contributed by atoms with Crippen molar-refractivity contribution in [1.82, 2.24) is 20.2 Å². The normalized spacial score (nSPS) is 11.3. The largest absolute Gasteiger partial charge is 0.435 e. The summed E-state index contributed by atoms with van der Waals surface area (Å²) in [7, 11) is 0. The van der Waals surface area contributed by atoms with Crippen molar-refractivity contribution >= 4 is 45.0 Å². The number of anilines is 1. The van der Waals surface area contributed by atoms with Gasteiger partial charge in [-0.05, 0) is 52.7 Å². The number of rotatable bonds is 4. The van der Waals surface area contributed by atoms with Crippen LogP contribution in [-0.2, 0) is 6.18 Å². The molecule has 13 heteroatoms. The third-order valence-electron chi connectivity index (χ3n) is 4.02. The van der Waals surface area contributed by atoms with Crippen molar-refractivity contribution in [3.8, 4) is 5.82 Å². The highest BCUT2D eigenvalue weighted by atomic mass is 79.9. The molecule has 2 amide bonds. The van der Waals surface area contributed by atoms with E-state index in [1.165, 1.54) is 24.4 Å². The van der Waals surface area contributed by atoms with E-state index in [0.717, 1.165) is 0 Å². The van der Waals surface area contributed by atoms with Gasteiger partial charge in [0.2, 0.25) is 0 Å². The summed E-state index contributed by atoms with van der Waals surface area (Å²) in [5, 5.41) is 5.87. The van der Waals surface area contributed by atoms with Crippen LogP contribution in [0.2, 0.25) is 5.02 Å². The van der Waals surface area contributed by atoms with Crippen LogP contribution >= 0.6 is 27.5 Å². The summed E-state index contributed by atoms with van der Waals surface area (Å²) in [6, 6.07) is 6.49. The summed E-state index contributed by atoms with van der Waals surface area (Å²) in [6.07, 6.45) is -3.53. The molecule has 0 saturated carbocycles. The monoisotopic (exact) mass is 516 g/mol. The van der Waals surface area contributed by atoms with Gasteiger partial charge in [-0.3, -0.25) is 15.0 Å². The number of alkyl halides is 3. The van der Waals surface area contributed by atoms with E-state index >= 15 is 0 Å². The fourth-order valence-corrected chi connectivity index (χ4v) is 3.56. The zero-order chi connectivity index (χ0) is 22.9. The lowest BCUT2D eigenvalue weighted by Gasteiger charge is -2.14. The Bertz CT molecular complexity index is 1180. The zero-order valence-corrected chi connectivity index (χ0v) is 17.9. The number of amides is 2. The third-order valence-corrected chi connectivity index (χ3v) is 4.94. The molecular formula is C18H13BrClF3N6O2. The number of benzene rings is 1. The van der Waals surface area contributed by atoms with E-state index in [2.05, 4.69) is 31.3 Å². The molecule has 0 fully saturated rings. The van der Waals surface area contributed by atoms with Gasteiger partial charge in [-0.1, -0.05) is 11.6 Å². The molecule has 0 unspecified atom stereocenters. The number of hydrogen-bond donors (Lipinski definition) is 3. The minimum absolute atomic E-state index is 0.000652. The average molecular weight is 518 g/mol. The summed E-state index contributed by atoms with van der Waals surface area (Å²) in [5.41, 5.74) is 0.817. The van der Waals surface area contributed by atoms with E-state index in [0.29, 0.717) is 20.8 Å². The van der Waals surface area contributed by atoms with Crippen LogP contribution in [-0.4, -0.2) is 26.6 Å². The first-order valence-corrected chi connectivity index (χ1v) is 9.60. The molecule has 2 aromatic heterocycles. The third kappa shape index (κ3) is 4.70. The predicted molar refractivity (Wildman–Crippen MR) is 110 cm³/mol. The second-order valence-corrected chi connectivity index (χ2v) is 7.49. The Balaban J connectivity index is 2.12. The Kier molecular flexibility index (Phi) is 6.34. The molecule has 8 nitrogen and oxygen atoms in total. The van der Waals surface area contributed by atoms with Gasteiger partial charge in [0, 0.05) is 16.7 Å². The van der Waals surface area contributed by atoms with Crippen LogP contribution in [0.15, 0.2) is 41.0 Å².